The van der Waals surface area contributed by atoms with Gasteiger partial charge in [0.25, 0.3) is 0 Å². The number of hydrogen-bond donors (Lipinski definition) is 2. The van der Waals surface area contributed by atoms with E-state index in [9.17, 15) is 0 Å². The molecule has 0 fully saturated rings. The van der Waals surface area contributed by atoms with Crippen molar-refractivity contribution in [3.8, 4) is 0 Å². The maximum absolute atomic E-state index is 6.23. The van der Waals surface area contributed by atoms with E-state index in [1.165, 1.54) is 5.56 Å². The number of rotatable bonds is 3. The highest BCUT2D eigenvalue weighted by Gasteiger charge is 2.12. The molecular formula is C15H15BrCl3N3. The first-order chi connectivity index (χ1) is 9.61. The molecule has 0 aliphatic rings. The second-order valence-electron chi connectivity index (χ2n) is 4.72. The van der Waals surface area contributed by atoms with Gasteiger partial charge in [-0.2, -0.15) is 0 Å². The second kappa shape index (κ2) is 8.18. The van der Waals surface area contributed by atoms with Crippen molar-refractivity contribution in [1.29, 1.82) is 0 Å². The summed E-state index contributed by atoms with van der Waals surface area (Å²) in [5, 5.41) is 0.689. The van der Waals surface area contributed by atoms with Crippen LogP contribution < -0.4 is 5.73 Å². The van der Waals surface area contributed by atoms with Crippen LogP contribution in [0.4, 0.5) is 0 Å². The highest BCUT2D eigenvalue weighted by molar-refractivity contribution is 9.10. The number of imidazole rings is 1. The molecule has 0 aliphatic carbocycles. The molecule has 0 spiro atoms. The molecule has 3 N–H and O–H groups in total. The Bertz CT molecular complexity index is 743. The Morgan fingerprint density at radius 1 is 1.14 bits per heavy atom. The van der Waals surface area contributed by atoms with Gasteiger partial charge in [-0.05, 0) is 42.3 Å². The molecule has 0 amide bonds. The maximum atomic E-state index is 6.23. The van der Waals surface area contributed by atoms with E-state index >= 15 is 0 Å². The zero-order valence-electron chi connectivity index (χ0n) is 11.4. The molecule has 0 radical (unpaired) electrons. The predicted molar refractivity (Wildman–Crippen MR) is 100 cm³/mol. The maximum Gasteiger partial charge on any atom is 0.124 e. The highest BCUT2D eigenvalue weighted by Crippen LogP contribution is 2.21. The number of halogens is 4. The van der Waals surface area contributed by atoms with E-state index in [0.717, 1.165) is 27.8 Å². The molecule has 3 aromatic rings. The van der Waals surface area contributed by atoms with Crippen molar-refractivity contribution < 1.29 is 0 Å². The number of aromatic amines is 1. The van der Waals surface area contributed by atoms with Crippen molar-refractivity contribution in [3.63, 3.8) is 0 Å². The molecule has 3 nitrogen and oxygen atoms in total. The van der Waals surface area contributed by atoms with Gasteiger partial charge in [0.05, 0.1) is 17.1 Å². The quantitative estimate of drug-likeness (QED) is 0.618. The lowest BCUT2D eigenvalue weighted by Gasteiger charge is -2.08. The minimum absolute atomic E-state index is 0. The van der Waals surface area contributed by atoms with Crippen LogP contribution in [0.15, 0.2) is 46.9 Å². The molecule has 0 saturated carbocycles. The van der Waals surface area contributed by atoms with Crippen LogP contribution in [0, 0.1) is 0 Å². The van der Waals surface area contributed by atoms with Crippen molar-refractivity contribution in [3.05, 3.63) is 63.3 Å². The van der Waals surface area contributed by atoms with Gasteiger partial charge < -0.3 is 10.7 Å². The fourth-order valence-electron chi connectivity index (χ4n) is 2.15. The Hall–Kier alpha value is -0.780. The van der Waals surface area contributed by atoms with Crippen LogP contribution in [0.3, 0.4) is 0 Å². The summed E-state index contributed by atoms with van der Waals surface area (Å²) in [6.07, 6.45) is 0.737. The van der Waals surface area contributed by atoms with Gasteiger partial charge in [0.2, 0.25) is 0 Å². The number of benzene rings is 2. The van der Waals surface area contributed by atoms with E-state index in [4.69, 9.17) is 17.3 Å². The summed E-state index contributed by atoms with van der Waals surface area (Å²) in [6, 6.07) is 13.6. The van der Waals surface area contributed by atoms with Crippen LogP contribution >= 0.6 is 52.3 Å². The second-order valence-corrected chi connectivity index (χ2v) is 6.07. The fraction of sp³-hybridized carbons (Fsp3) is 0.133. The number of hydrogen-bond acceptors (Lipinski definition) is 2. The monoisotopic (exact) mass is 421 g/mol. The number of nitrogens with two attached hydrogens (primary N) is 1. The third kappa shape index (κ3) is 4.37. The Morgan fingerprint density at radius 3 is 2.50 bits per heavy atom. The molecule has 22 heavy (non-hydrogen) atoms. The average molecular weight is 424 g/mol. The van der Waals surface area contributed by atoms with E-state index in [1.807, 2.05) is 30.3 Å². The first-order valence-corrected chi connectivity index (χ1v) is 7.44. The standard InChI is InChI=1S/C15H13BrClN3.2ClH/c16-10-3-1-9(2-4-10)7-12(18)15-19-13-6-5-11(17)8-14(13)20-15;;/h1-6,8,12H,7,18H2,(H,19,20);2*1H/t12-;;/m1../s1. The van der Waals surface area contributed by atoms with Gasteiger partial charge in [-0.1, -0.05) is 39.7 Å². The predicted octanol–water partition coefficient (Wildman–Crippen LogP) is 5.06. The van der Waals surface area contributed by atoms with Crippen molar-refractivity contribution in [1.82, 2.24) is 9.97 Å². The zero-order valence-corrected chi connectivity index (χ0v) is 15.4. The fourth-order valence-corrected chi connectivity index (χ4v) is 2.58. The number of nitrogens with zero attached hydrogens (tertiary/aromatic N) is 1. The van der Waals surface area contributed by atoms with Gasteiger partial charge in [-0.3, -0.25) is 0 Å². The SMILES string of the molecule is Cl.Cl.N[C@H](Cc1ccc(Br)cc1)c1nc2ccc(Cl)cc2[nH]1. The molecule has 7 heteroatoms. The molecular weight excluding hydrogens is 408 g/mol. The first kappa shape index (κ1) is 19.3. The van der Waals surface area contributed by atoms with E-state index in [0.29, 0.717) is 5.02 Å². The summed E-state index contributed by atoms with van der Waals surface area (Å²) in [7, 11) is 0. The van der Waals surface area contributed by atoms with Gasteiger partial charge in [0.1, 0.15) is 5.82 Å². The lowest BCUT2D eigenvalue weighted by atomic mass is 10.1. The summed E-state index contributed by atoms with van der Waals surface area (Å²) in [5.41, 5.74) is 9.21. The van der Waals surface area contributed by atoms with Gasteiger partial charge >= 0.3 is 0 Å². The van der Waals surface area contributed by atoms with Gasteiger partial charge in [0, 0.05) is 9.50 Å². The Kier molecular flexibility index (Phi) is 7.16. The smallest absolute Gasteiger partial charge is 0.124 e. The molecule has 2 aromatic carbocycles. The molecule has 1 aromatic heterocycles. The van der Waals surface area contributed by atoms with Crippen LogP contribution in [0.1, 0.15) is 17.4 Å². The summed E-state index contributed by atoms with van der Waals surface area (Å²) in [4.78, 5) is 7.76. The van der Waals surface area contributed by atoms with Crippen molar-refractivity contribution >= 4 is 63.4 Å². The summed E-state index contributed by atoms with van der Waals surface area (Å²) in [5.74, 6) is 0.783. The van der Waals surface area contributed by atoms with Gasteiger partial charge in [-0.25, -0.2) is 4.98 Å². The van der Waals surface area contributed by atoms with E-state index < -0.39 is 0 Å². The summed E-state index contributed by atoms with van der Waals surface area (Å²) < 4.78 is 1.06. The molecule has 3 rings (SSSR count). The van der Waals surface area contributed by atoms with Crippen molar-refractivity contribution in [2.24, 2.45) is 5.73 Å². The molecule has 0 aliphatic heterocycles. The van der Waals surface area contributed by atoms with E-state index in [-0.39, 0.29) is 30.9 Å². The van der Waals surface area contributed by atoms with Gasteiger partial charge in [0.15, 0.2) is 0 Å². The van der Waals surface area contributed by atoms with Crippen LogP contribution in [-0.2, 0) is 6.42 Å². The van der Waals surface area contributed by atoms with Crippen molar-refractivity contribution in [2.75, 3.05) is 0 Å². The Balaban J connectivity index is 0.00000121. The van der Waals surface area contributed by atoms with E-state index in [2.05, 4.69) is 38.0 Å². The number of nitrogens with one attached hydrogen (secondary N) is 1. The van der Waals surface area contributed by atoms with Crippen LogP contribution in [0.5, 0.6) is 0 Å². The molecule has 0 saturated heterocycles. The zero-order chi connectivity index (χ0) is 14.1. The van der Waals surface area contributed by atoms with Crippen molar-refractivity contribution in [2.45, 2.75) is 12.5 Å². The third-order valence-corrected chi connectivity index (χ3v) is 3.95. The summed E-state index contributed by atoms with van der Waals surface area (Å²) in [6.45, 7) is 0. The summed E-state index contributed by atoms with van der Waals surface area (Å²) >= 11 is 9.39. The van der Waals surface area contributed by atoms with Crippen LogP contribution in [0.2, 0.25) is 5.02 Å². The Labute approximate surface area is 154 Å². The third-order valence-electron chi connectivity index (χ3n) is 3.18. The Morgan fingerprint density at radius 2 is 1.82 bits per heavy atom. The lowest BCUT2D eigenvalue weighted by molar-refractivity contribution is 0.680. The number of fused-ring (bicyclic) bond motifs is 1. The molecule has 0 bridgehead atoms. The highest BCUT2D eigenvalue weighted by atomic mass is 79.9. The minimum Gasteiger partial charge on any atom is -0.341 e. The van der Waals surface area contributed by atoms with Crippen LogP contribution in [0.25, 0.3) is 11.0 Å². The molecule has 0 unspecified atom stereocenters. The normalized spacial score (nSPS) is 11.6. The topological polar surface area (TPSA) is 54.7 Å². The first-order valence-electron chi connectivity index (χ1n) is 6.27. The average Bonchev–Trinajstić information content (AvgIpc) is 2.84. The number of aromatic nitrogens is 2. The lowest BCUT2D eigenvalue weighted by Crippen LogP contribution is -2.14. The number of H-pyrrole nitrogens is 1. The molecule has 1 heterocycles. The van der Waals surface area contributed by atoms with E-state index in [1.54, 1.807) is 0 Å². The van der Waals surface area contributed by atoms with Gasteiger partial charge in [-0.15, -0.1) is 24.8 Å². The largest absolute Gasteiger partial charge is 0.341 e. The minimum atomic E-state index is -0.164. The van der Waals surface area contributed by atoms with Crippen LogP contribution in [-0.4, -0.2) is 9.97 Å². The molecule has 118 valence electrons. The molecule has 1 atom stereocenters.